The molecule has 0 amide bonds. The Hall–Kier alpha value is -1.16. The number of carbonyl (C=O) groups is 1. The summed E-state index contributed by atoms with van der Waals surface area (Å²) in [4.78, 5) is 15.3. The summed E-state index contributed by atoms with van der Waals surface area (Å²) < 4.78 is 0. The lowest BCUT2D eigenvalue weighted by atomic mass is 9.93. The third kappa shape index (κ3) is 1.78. The molecule has 0 aromatic carbocycles. The van der Waals surface area contributed by atoms with Crippen molar-refractivity contribution in [2.24, 2.45) is 0 Å². The van der Waals surface area contributed by atoms with Crippen LogP contribution in [0.15, 0.2) is 23.4 Å². The van der Waals surface area contributed by atoms with Crippen molar-refractivity contribution in [3.05, 3.63) is 28.4 Å². The van der Waals surface area contributed by atoms with Crippen LogP contribution in [0.2, 0.25) is 0 Å². The smallest absolute Gasteiger partial charge is 0.159 e. The fourth-order valence-electron chi connectivity index (χ4n) is 1.48. The number of rotatable bonds is 1. The predicted molar refractivity (Wildman–Crippen MR) is 49.8 cm³/mol. The molecule has 0 fully saturated rings. The van der Waals surface area contributed by atoms with Gasteiger partial charge in [0, 0.05) is 36.4 Å². The summed E-state index contributed by atoms with van der Waals surface area (Å²) in [7, 11) is 0. The molecule has 1 aromatic rings. The maximum atomic E-state index is 11.1. The molecule has 0 spiro atoms. The van der Waals surface area contributed by atoms with Crippen molar-refractivity contribution in [1.82, 2.24) is 4.98 Å². The van der Waals surface area contributed by atoms with E-state index in [-0.39, 0.29) is 17.5 Å². The number of hydrogen-bond donors (Lipinski definition) is 1. The Bertz CT molecular complexity index is 343. The average molecular weight is 195 g/mol. The molecule has 1 N–H and O–H groups in total. The molecule has 3 nitrogen and oxygen atoms in total. The van der Waals surface area contributed by atoms with Crippen LogP contribution >= 0.6 is 11.3 Å². The van der Waals surface area contributed by atoms with Crippen molar-refractivity contribution < 1.29 is 9.90 Å². The topological polar surface area (TPSA) is 50.2 Å². The summed E-state index contributed by atoms with van der Waals surface area (Å²) in [5.41, 5.74) is 0. The van der Waals surface area contributed by atoms with Crippen LogP contribution in [-0.4, -0.2) is 15.9 Å². The molecule has 68 valence electrons. The first-order valence-electron chi connectivity index (χ1n) is 4.07. The standard InChI is InChI=1S/C9H9NO2S/c11-7-3-6(4-8(12)5-7)9-10-1-2-13-9/h1-2,5-6,11H,3-4H2. The van der Waals surface area contributed by atoms with E-state index in [2.05, 4.69) is 4.98 Å². The van der Waals surface area contributed by atoms with Gasteiger partial charge in [-0.05, 0) is 0 Å². The Morgan fingerprint density at radius 3 is 3.00 bits per heavy atom. The first-order valence-corrected chi connectivity index (χ1v) is 4.95. The Morgan fingerprint density at radius 1 is 1.54 bits per heavy atom. The van der Waals surface area contributed by atoms with Crippen LogP contribution in [0.4, 0.5) is 0 Å². The lowest BCUT2D eigenvalue weighted by Gasteiger charge is -2.16. The van der Waals surface area contributed by atoms with E-state index in [4.69, 9.17) is 0 Å². The van der Waals surface area contributed by atoms with Crippen LogP contribution in [0.25, 0.3) is 0 Å². The summed E-state index contributed by atoms with van der Waals surface area (Å²) in [6.07, 6.45) is 4.04. The summed E-state index contributed by atoms with van der Waals surface area (Å²) in [6, 6.07) is 0. The van der Waals surface area contributed by atoms with E-state index in [1.807, 2.05) is 5.38 Å². The van der Waals surface area contributed by atoms with E-state index in [1.54, 1.807) is 6.20 Å². The van der Waals surface area contributed by atoms with Crippen molar-refractivity contribution in [3.63, 3.8) is 0 Å². The van der Waals surface area contributed by atoms with Gasteiger partial charge in [0.05, 0.1) is 10.8 Å². The Balaban J connectivity index is 2.20. The summed E-state index contributed by atoms with van der Waals surface area (Å²) in [6.45, 7) is 0. The Morgan fingerprint density at radius 2 is 2.38 bits per heavy atom. The molecule has 0 bridgehead atoms. The van der Waals surface area contributed by atoms with Crippen LogP contribution in [0.5, 0.6) is 0 Å². The van der Waals surface area contributed by atoms with Gasteiger partial charge in [-0.2, -0.15) is 0 Å². The van der Waals surface area contributed by atoms with Gasteiger partial charge in [-0.3, -0.25) is 4.79 Å². The maximum Gasteiger partial charge on any atom is 0.159 e. The number of ketones is 1. The number of carbonyl (C=O) groups excluding carboxylic acids is 1. The van der Waals surface area contributed by atoms with Crippen molar-refractivity contribution in [2.45, 2.75) is 18.8 Å². The molecule has 2 rings (SSSR count). The quantitative estimate of drug-likeness (QED) is 0.746. The van der Waals surface area contributed by atoms with E-state index in [9.17, 15) is 9.90 Å². The monoisotopic (exact) mass is 195 g/mol. The van der Waals surface area contributed by atoms with Crippen LogP contribution in [0.3, 0.4) is 0 Å². The van der Waals surface area contributed by atoms with Gasteiger partial charge in [-0.15, -0.1) is 11.3 Å². The fourth-order valence-corrected chi connectivity index (χ4v) is 2.22. The van der Waals surface area contributed by atoms with Crippen molar-refractivity contribution in [1.29, 1.82) is 0 Å². The highest BCUT2D eigenvalue weighted by Crippen LogP contribution is 2.31. The van der Waals surface area contributed by atoms with Gasteiger partial charge in [0.25, 0.3) is 0 Å². The number of hydrogen-bond acceptors (Lipinski definition) is 4. The van der Waals surface area contributed by atoms with Crippen LogP contribution in [0, 0.1) is 0 Å². The molecule has 4 heteroatoms. The zero-order valence-electron chi connectivity index (χ0n) is 6.93. The highest BCUT2D eigenvalue weighted by molar-refractivity contribution is 7.09. The molecule has 0 saturated carbocycles. The normalized spacial score (nSPS) is 22.9. The lowest BCUT2D eigenvalue weighted by molar-refractivity contribution is -0.115. The van der Waals surface area contributed by atoms with Crippen molar-refractivity contribution in [2.75, 3.05) is 0 Å². The number of aromatic nitrogens is 1. The third-order valence-electron chi connectivity index (χ3n) is 2.03. The second-order valence-electron chi connectivity index (χ2n) is 3.08. The van der Waals surface area contributed by atoms with E-state index in [1.165, 1.54) is 17.4 Å². The second kappa shape index (κ2) is 3.30. The SMILES string of the molecule is O=C1C=C(O)CC(c2nccs2)C1. The third-order valence-corrected chi connectivity index (χ3v) is 2.97. The summed E-state index contributed by atoms with van der Waals surface area (Å²) in [5.74, 6) is 0.248. The second-order valence-corrected chi connectivity index (χ2v) is 4.00. The van der Waals surface area contributed by atoms with Gasteiger partial charge in [0.15, 0.2) is 5.78 Å². The summed E-state index contributed by atoms with van der Waals surface area (Å²) in [5, 5.41) is 12.1. The highest BCUT2D eigenvalue weighted by Gasteiger charge is 2.23. The van der Waals surface area contributed by atoms with Gasteiger partial charge in [-0.1, -0.05) is 0 Å². The minimum Gasteiger partial charge on any atom is -0.512 e. The summed E-state index contributed by atoms with van der Waals surface area (Å²) >= 11 is 1.53. The molecule has 1 aliphatic carbocycles. The molecule has 1 atom stereocenters. The molecule has 1 aliphatic rings. The van der Waals surface area contributed by atoms with E-state index in [0.717, 1.165) is 5.01 Å². The number of aliphatic hydroxyl groups is 1. The number of thiazole rings is 1. The molecular weight excluding hydrogens is 186 g/mol. The molecular formula is C9H9NO2S. The largest absolute Gasteiger partial charge is 0.512 e. The molecule has 0 radical (unpaired) electrons. The molecule has 1 heterocycles. The van der Waals surface area contributed by atoms with Crippen molar-refractivity contribution >= 4 is 17.1 Å². The van der Waals surface area contributed by atoms with Gasteiger partial charge < -0.3 is 5.11 Å². The lowest BCUT2D eigenvalue weighted by Crippen LogP contribution is -2.12. The molecule has 0 aliphatic heterocycles. The highest BCUT2D eigenvalue weighted by atomic mass is 32.1. The Kier molecular flexibility index (Phi) is 2.14. The minimum absolute atomic E-state index is 0.0102. The zero-order valence-corrected chi connectivity index (χ0v) is 7.75. The first-order chi connectivity index (χ1) is 6.25. The van der Waals surface area contributed by atoms with Gasteiger partial charge >= 0.3 is 0 Å². The van der Waals surface area contributed by atoms with Gasteiger partial charge in [0.2, 0.25) is 0 Å². The number of allylic oxidation sites excluding steroid dienone is 2. The number of nitrogens with zero attached hydrogens (tertiary/aromatic N) is 1. The first kappa shape index (κ1) is 8.44. The average Bonchev–Trinajstić information content (AvgIpc) is 2.53. The molecule has 1 aromatic heterocycles. The fraction of sp³-hybridized carbons (Fsp3) is 0.333. The molecule has 13 heavy (non-hydrogen) atoms. The Labute approximate surface area is 79.7 Å². The van der Waals surface area contributed by atoms with Crippen LogP contribution in [0.1, 0.15) is 23.8 Å². The van der Waals surface area contributed by atoms with Gasteiger partial charge in [-0.25, -0.2) is 4.98 Å². The molecule has 0 saturated heterocycles. The number of aliphatic hydroxyl groups excluding tert-OH is 1. The van der Waals surface area contributed by atoms with E-state index in [0.29, 0.717) is 12.8 Å². The minimum atomic E-state index is -0.0102. The molecule has 1 unspecified atom stereocenters. The predicted octanol–water partition coefficient (Wildman–Crippen LogP) is 2.03. The zero-order chi connectivity index (χ0) is 9.26. The maximum absolute atomic E-state index is 11.1. The van der Waals surface area contributed by atoms with E-state index >= 15 is 0 Å². The van der Waals surface area contributed by atoms with Crippen molar-refractivity contribution in [3.8, 4) is 0 Å². The van der Waals surface area contributed by atoms with Crippen LogP contribution < -0.4 is 0 Å². The van der Waals surface area contributed by atoms with Gasteiger partial charge in [0.1, 0.15) is 0 Å². The van der Waals surface area contributed by atoms with E-state index < -0.39 is 0 Å². The van der Waals surface area contributed by atoms with Crippen LogP contribution in [-0.2, 0) is 4.79 Å².